The molecule has 0 saturated carbocycles. The minimum Gasteiger partial charge on any atom is -0.465 e. The maximum atomic E-state index is 13.3. The van der Waals surface area contributed by atoms with Crippen molar-refractivity contribution in [2.24, 2.45) is 0 Å². The molecule has 0 bridgehead atoms. The van der Waals surface area contributed by atoms with Crippen LogP contribution in [0.4, 0.5) is 5.69 Å². The highest BCUT2D eigenvalue weighted by Gasteiger charge is 2.29. The molecule has 0 aliphatic carbocycles. The number of carbonyl (C=O) groups excluding carboxylic acids is 1. The van der Waals surface area contributed by atoms with Crippen molar-refractivity contribution in [2.45, 2.75) is 17.9 Å². The standard InChI is InChI=1S/C22H24N2O4S/c1-4-28-22(25)21(16-10-6-5-7-11-16)23-29(26,27)20-15-9-12-17-18(20)13-8-14-19(17)24(2)3/h5-15,21,23H,4H2,1-3H3. The van der Waals surface area contributed by atoms with Crippen LogP contribution in [0.25, 0.3) is 10.8 Å². The first-order valence-corrected chi connectivity index (χ1v) is 10.8. The number of hydrogen-bond donors (Lipinski definition) is 1. The van der Waals surface area contributed by atoms with E-state index in [1.165, 1.54) is 6.07 Å². The summed E-state index contributed by atoms with van der Waals surface area (Å²) in [7, 11) is -0.203. The van der Waals surface area contributed by atoms with Gasteiger partial charge in [0.1, 0.15) is 6.04 Å². The highest BCUT2D eigenvalue weighted by molar-refractivity contribution is 7.89. The lowest BCUT2D eigenvalue weighted by atomic mass is 10.1. The SMILES string of the molecule is CCOC(=O)C(NS(=O)(=O)c1cccc2c(N(C)C)cccc12)c1ccccc1. The van der Waals surface area contributed by atoms with Gasteiger partial charge in [-0.3, -0.25) is 0 Å². The number of anilines is 1. The van der Waals surface area contributed by atoms with Gasteiger partial charge in [0.15, 0.2) is 0 Å². The molecule has 0 aromatic heterocycles. The third-order valence-electron chi connectivity index (χ3n) is 4.56. The summed E-state index contributed by atoms with van der Waals surface area (Å²) >= 11 is 0. The molecule has 3 rings (SSSR count). The molecule has 0 saturated heterocycles. The lowest BCUT2D eigenvalue weighted by molar-refractivity contribution is -0.145. The van der Waals surface area contributed by atoms with Crippen LogP contribution in [-0.2, 0) is 19.6 Å². The largest absolute Gasteiger partial charge is 0.465 e. The van der Waals surface area contributed by atoms with Crippen molar-refractivity contribution in [3.8, 4) is 0 Å². The molecule has 6 nitrogen and oxygen atoms in total. The Kier molecular flexibility index (Phi) is 6.20. The molecule has 1 N–H and O–H groups in total. The van der Waals surface area contributed by atoms with Crippen LogP contribution < -0.4 is 9.62 Å². The molecule has 0 aliphatic rings. The highest BCUT2D eigenvalue weighted by atomic mass is 32.2. The van der Waals surface area contributed by atoms with Gasteiger partial charge in [0.25, 0.3) is 0 Å². The molecule has 1 unspecified atom stereocenters. The van der Waals surface area contributed by atoms with Crippen LogP contribution >= 0.6 is 0 Å². The van der Waals surface area contributed by atoms with E-state index < -0.39 is 22.0 Å². The number of hydrogen-bond acceptors (Lipinski definition) is 5. The second kappa shape index (κ2) is 8.63. The second-order valence-corrected chi connectivity index (χ2v) is 8.42. The van der Waals surface area contributed by atoms with Crippen molar-refractivity contribution in [1.82, 2.24) is 4.72 Å². The van der Waals surface area contributed by atoms with Gasteiger partial charge in [-0.05, 0) is 24.6 Å². The molecule has 3 aromatic rings. The number of nitrogens with one attached hydrogen (secondary N) is 1. The molecule has 0 aliphatic heterocycles. The normalized spacial score (nSPS) is 12.5. The van der Waals surface area contributed by atoms with Gasteiger partial charge in [-0.2, -0.15) is 4.72 Å². The zero-order chi connectivity index (χ0) is 21.0. The molecule has 7 heteroatoms. The Bertz CT molecular complexity index is 1110. The fraction of sp³-hybridized carbons (Fsp3) is 0.227. The molecule has 0 heterocycles. The lowest BCUT2D eigenvalue weighted by Gasteiger charge is -2.20. The van der Waals surface area contributed by atoms with Crippen LogP contribution in [0.3, 0.4) is 0 Å². The number of esters is 1. The minimum atomic E-state index is -4.01. The lowest BCUT2D eigenvalue weighted by Crippen LogP contribution is -2.35. The second-order valence-electron chi connectivity index (χ2n) is 6.74. The van der Waals surface area contributed by atoms with Gasteiger partial charge in [-0.25, -0.2) is 13.2 Å². The monoisotopic (exact) mass is 412 g/mol. The van der Waals surface area contributed by atoms with E-state index >= 15 is 0 Å². The van der Waals surface area contributed by atoms with Crippen LogP contribution in [0, 0.1) is 0 Å². The number of nitrogens with zero attached hydrogens (tertiary/aromatic N) is 1. The fourth-order valence-corrected chi connectivity index (χ4v) is 4.63. The van der Waals surface area contributed by atoms with E-state index in [9.17, 15) is 13.2 Å². The van der Waals surface area contributed by atoms with Crippen molar-refractivity contribution in [3.05, 3.63) is 72.3 Å². The first kappa shape index (κ1) is 20.8. The molecule has 0 radical (unpaired) electrons. The zero-order valence-electron chi connectivity index (χ0n) is 16.6. The Balaban J connectivity index is 2.08. The fourth-order valence-electron chi connectivity index (χ4n) is 3.23. The Morgan fingerprint density at radius 2 is 1.62 bits per heavy atom. The Hall–Kier alpha value is -2.90. The maximum absolute atomic E-state index is 13.3. The number of sulfonamides is 1. The molecule has 3 aromatic carbocycles. The average molecular weight is 413 g/mol. The average Bonchev–Trinajstić information content (AvgIpc) is 2.71. The Morgan fingerprint density at radius 1 is 0.966 bits per heavy atom. The van der Waals surface area contributed by atoms with Crippen LogP contribution in [0.5, 0.6) is 0 Å². The van der Waals surface area contributed by atoms with Gasteiger partial charge in [0, 0.05) is 30.6 Å². The van der Waals surface area contributed by atoms with E-state index in [0.29, 0.717) is 10.9 Å². The maximum Gasteiger partial charge on any atom is 0.328 e. The predicted octanol–water partition coefficient (Wildman–Crippen LogP) is 3.49. The molecule has 1 atom stereocenters. The van der Waals surface area contributed by atoms with E-state index in [-0.39, 0.29) is 11.5 Å². The van der Waals surface area contributed by atoms with Gasteiger partial charge in [-0.15, -0.1) is 0 Å². The summed E-state index contributed by atoms with van der Waals surface area (Å²) < 4.78 is 34.2. The van der Waals surface area contributed by atoms with Crippen molar-refractivity contribution >= 4 is 32.5 Å². The molecular weight excluding hydrogens is 388 g/mol. The van der Waals surface area contributed by atoms with Gasteiger partial charge in [-0.1, -0.05) is 54.6 Å². The number of ether oxygens (including phenoxy) is 1. The third-order valence-corrected chi connectivity index (χ3v) is 6.04. The van der Waals surface area contributed by atoms with Crippen LogP contribution in [0.15, 0.2) is 71.6 Å². The Labute approximate surface area is 171 Å². The zero-order valence-corrected chi connectivity index (χ0v) is 17.4. The number of fused-ring (bicyclic) bond motifs is 1. The van der Waals surface area contributed by atoms with E-state index in [4.69, 9.17) is 4.74 Å². The van der Waals surface area contributed by atoms with Gasteiger partial charge in [0.05, 0.1) is 11.5 Å². The van der Waals surface area contributed by atoms with Crippen LogP contribution in [-0.4, -0.2) is 35.1 Å². The first-order valence-electron chi connectivity index (χ1n) is 9.28. The van der Waals surface area contributed by atoms with Crippen molar-refractivity contribution in [2.75, 3.05) is 25.6 Å². The smallest absolute Gasteiger partial charge is 0.328 e. The first-order chi connectivity index (χ1) is 13.8. The summed E-state index contributed by atoms with van der Waals surface area (Å²) in [6.07, 6.45) is 0. The van der Waals surface area contributed by atoms with Crippen molar-refractivity contribution < 1.29 is 17.9 Å². The van der Waals surface area contributed by atoms with Crippen LogP contribution in [0.2, 0.25) is 0 Å². The molecule has 0 amide bonds. The number of carbonyl (C=O) groups is 1. The molecule has 29 heavy (non-hydrogen) atoms. The van der Waals surface area contributed by atoms with Crippen molar-refractivity contribution in [1.29, 1.82) is 0 Å². The van der Waals surface area contributed by atoms with Gasteiger partial charge in [0.2, 0.25) is 10.0 Å². The molecular formula is C22H24N2O4S. The highest BCUT2D eigenvalue weighted by Crippen LogP contribution is 2.31. The molecule has 152 valence electrons. The van der Waals surface area contributed by atoms with E-state index in [2.05, 4.69) is 4.72 Å². The minimum absolute atomic E-state index is 0.115. The number of rotatable bonds is 7. The third kappa shape index (κ3) is 4.41. The summed E-state index contributed by atoms with van der Waals surface area (Å²) in [6.45, 7) is 1.84. The topological polar surface area (TPSA) is 75.7 Å². The Morgan fingerprint density at radius 3 is 2.28 bits per heavy atom. The van der Waals surface area contributed by atoms with E-state index in [1.807, 2.05) is 37.2 Å². The summed E-state index contributed by atoms with van der Waals surface area (Å²) in [6, 6.07) is 18.2. The number of benzene rings is 3. The predicted molar refractivity (Wildman–Crippen MR) is 114 cm³/mol. The van der Waals surface area contributed by atoms with Gasteiger partial charge >= 0.3 is 5.97 Å². The summed E-state index contributed by atoms with van der Waals surface area (Å²) in [5.41, 5.74) is 1.42. The quantitative estimate of drug-likeness (QED) is 0.601. The molecule has 0 fully saturated rings. The summed E-state index contributed by atoms with van der Waals surface area (Å²) in [4.78, 5) is 14.5. The summed E-state index contributed by atoms with van der Waals surface area (Å²) in [5, 5.41) is 1.40. The van der Waals surface area contributed by atoms with Gasteiger partial charge < -0.3 is 9.64 Å². The van der Waals surface area contributed by atoms with E-state index in [1.54, 1.807) is 49.4 Å². The van der Waals surface area contributed by atoms with E-state index in [0.717, 1.165) is 11.1 Å². The van der Waals surface area contributed by atoms with Crippen LogP contribution in [0.1, 0.15) is 18.5 Å². The van der Waals surface area contributed by atoms with Crippen molar-refractivity contribution in [3.63, 3.8) is 0 Å². The summed E-state index contributed by atoms with van der Waals surface area (Å²) in [5.74, 6) is -0.642. The molecule has 0 spiro atoms.